The second-order valence-electron chi connectivity index (χ2n) is 7.56. The Hall–Kier alpha value is 0.294. The zero-order valence-electron chi connectivity index (χ0n) is 13.1. The van der Waals surface area contributed by atoms with Crippen LogP contribution in [0.3, 0.4) is 0 Å². The molecule has 0 spiro atoms. The van der Waals surface area contributed by atoms with Gasteiger partial charge in [0.25, 0.3) is 6.69 Å². The predicted molar refractivity (Wildman–Crippen MR) is 91.8 cm³/mol. The summed E-state index contributed by atoms with van der Waals surface area (Å²) in [6, 6.07) is 0. The van der Waals surface area contributed by atoms with Crippen molar-refractivity contribution in [1.82, 2.24) is 0 Å². The summed E-state index contributed by atoms with van der Waals surface area (Å²) in [5.74, 6) is 0. The van der Waals surface area contributed by atoms with E-state index >= 15 is 0 Å². The lowest BCUT2D eigenvalue weighted by Gasteiger charge is -2.49. The van der Waals surface area contributed by atoms with Gasteiger partial charge in [0.2, 0.25) is 0 Å². The quantitative estimate of drug-likeness (QED) is 0.369. The van der Waals surface area contributed by atoms with Crippen LogP contribution in [0, 0.1) is 5.41 Å². The smallest absolute Gasteiger partial charge is 0.280 e. The highest BCUT2D eigenvalue weighted by Gasteiger charge is 2.57. The zero-order chi connectivity index (χ0) is 15.1. The van der Waals surface area contributed by atoms with Crippen molar-refractivity contribution < 1.29 is 4.74 Å². The van der Waals surface area contributed by atoms with Crippen molar-refractivity contribution in [3.63, 3.8) is 0 Å². The maximum Gasteiger partial charge on any atom is 0.280 e. The summed E-state index contributed by atoms with van der Waals surface area (Å²) in [5.41, 5.74) is 1.93. The van der Waals surface area contributed by atoms with Gasteiger partial charge in [-0.2, -0.15) is 0 Å². The number of halogens is 2. The third-order valence-corrected chi connectivity index (χ3v) is 14.6. The third-order valence-electron chi connectivity index (χ3n) is 3.39. The van der Waals surface area contributed by atoms with Gasteiger partial charge in [0.15, 0.2) is 0 Å². The fraction of sp³-hybridized carbons (Fsp3) is 0.714. The maximum absolute atomic E-state index is 6.81. The van der Waals surface area contributed by atoms with Crippen LogP contribution in [0.15, 0.2) is 22.7 Å². The van der Waals surface area contributed by atoms with Crippen molar-refractivity contribution in [3.05, 3.63) is 22.7 Å². The van der Waals surface area contributed by atoms with Crippen molar-refractivity contribution in [3.8, 4) is 0 Å². The van der Waals surface area contributed by atoms with Crippen LogP contribution in [0.25, 0.3) is 0 Å². The Morgan fingerprint density at radius 3 is 2.16 bits per heavy atom. The lowest BCUT2D eigenvalue weighted by Crippen LogP contribution is -2.52. The van der Waals surface area contributed by atoms with E-state index in [9.17, 15) is 0 Å². The summed E-state index contributed by atoms with van der Waals surface area (Å²) in [6.07, 6.45) is 4.88. The first-order chi connectivity index (χ1) is 8.41. The molecule has 0 bridgehead atoms. The number of methoxy groups -OCH3 is 1. The first kappa shape index (κ1) is 17.3. The minimum absolute atomic E-state index is 0.240. The fourth-order valence-electron chi connectivity index (χ4n) is 2.78. The molecule has 1 aliphatic rings. The molecule has 0 saturated carbocycles. The molecule has 110 valence electrons. The molecule has 0 radical (unpaired) electrons. The van der Waals surface area contributed by atoms with E-state index < -0.39 is 14.8 Å². The Morgan fingerprint density at radius 1 is 1.26 bits per heavy atom. The van der Waals surface area contributed by atoms with Gasteiger partial charge in [-0.25, -0.2) is 0 Å². The van der Waals surface area contributed by atoms with Gasteiger partial charge in [-0.1, -0.05) is 45.2 Å². The molecule has 0 N–H and O–H groups in total. The van der Waals surface area contributed by atoms with Crippen LogP contribution in [0.2, 0.25) is 25.2 Å². The van der Waals surface area contributed by atoms with Gasteiger partial charge in [-0.15, -0.1) is 22.2 Å². The number of hydrogen-bond donors (Lipinski definition) is 0. The molecule has 5 heteroatoms. The van der Waals surface area contributed by atoms with Crippen molar-refractivity contribution in [2.75, 3.05) is 7.11 Å². The van der Waals surface area contributed by atoms with Gasteiger partial charge in [0.1, 0.15) is 0 Å². The Balaban J connectivity index is 3.20. The summed E-state index contributed by atoms with van der Waals surface area (Å²) in [4.78, 5) is 1.39. The molecule has 1 aliphatic heterocycles. The van der Waals surface area contributed by atoms with Crippen LogP contribution in [-0.2, 0) is 4.74 Å². The number of allylic oxidation sites excluding steroid dienone is 2. The van der Waals surface area contributed by atoms with E-state index in [1.807, 2.05) is 0 Å². The van der Waals surface area contributed by atoms with Crippen LogP contribution in [0.1, 0.15) is 27.2 Å². The van der Waals surface area contributed by atoms with Crippen molar-refractivity contribution in [1.29, 1.82) is 0 Å². The van der Waals surface area contributed by atoms with E-state index in [-0.39, 0.29) is 5.41 Å². The van der Waals surface area contributed by atoms with E-state index in [1.54, 1.807) is 13.4 Å². The van der Waals surface area contributed by atoms with Crippen LogP contribution >= 0.6 is 22.2 Å². The Kier molecular flexibility index (Phi) is 5.10. The van der Waals surface area contributed by atoms with Gasteiger partial charge in [-0.05, 0) is 23.5 Å². The van der Waals surface area contributed by atoms with E-state index in [0.29, 0.717) is 5.54 Å². The highest BCUT2D eigenvalue weighted by atomic mass is 35.7. The second-order valence-corrected chi connectivity index (χ2v) is 19.7. The lowest BCUT2D eigenvalue weighted by atomic mass is 9.88. The molecule has 1 nitrogen and oxygen atoms in total. The molecule has 0 aromatic heterocycles. The van der Waals surface area contributed by atoms with Gasteiger partial charge in [-0.3, -0.25) is 0 Å². The van der Waals surface area contributed by atoms with Crippen LogP contribution in [-0.4, -0.2) is 21.9 Å². The summed E-state index contributed by atoms with van der Waals surface area (Å²) in [6.45, 7) is 11.4. The van der Waals surface area contributed by atoms with Crippen molar-refractivity contribution >= 4 is 36.9 Å². The predicted octanol–water partition coefficient (Wildman–Crippen LogP) is 5.60. The summed E-state index contributed by atoms with van der Waals surface area (Å²) in [5, 5.41) is 0. The van der Waals surface area contributed by atoms with Gasteiger partial charge in [0.05, 0.1) is 21.4 Å². The van der Waals surface area contributed by atoms with Crippen molar-refractivity contribution in [2.24, 2.45) is 5.41 Å². The van der Waals surface area contributed by atoms with E-state index in [1.165, 1.54) is 10.4 Å². The molecule has 1 heterocycles. The number of ether oxygens (including phenoxy) is 1. The lowest BCUT2D eigenvalue weighted by molar-refractivity contribution is 0.336. The second kappa shape index (κ2) is 5.59. The summed E-state index contributed by atoms with van der Waals surface area (Å²) < 4.78 is 5.09. The first-order valence-electron chi connectivity index (χ1n) is 6.73. The maximum atomic E-state index is 6.81. The first-order valence-corrected chi connectivity index (χ1v) is 14.3. The molecule has 1 rings (SSSR count). The Morgan fingerprint density at radius 2 is 1.79 bits per heavy atom. The molecule has 0 aromatic carbocycles. The summed E-state index contributed by atoms with van der Waals surface area (Å²) in [7, 11) is 0.207. The van der Waals surface area contributed by atoms with E-state index in [2.05, 4.69) is 46.5 Å². The molecule has 1 atom stereocenters. The van der Waals surface area contributed by atoms with Gasteiger partial charge >= 0.3 is 0 Å². The average Bonchev–Trinajstić information content (AvgIpc) is 2.17. The number of rotatable bonds is 4. The normalized spacial score (nSPS) is 23.7. The molecular formula is C14H26Cl2OSi2. The fourth-order valence-corrected chi connectivity index (χ4v) is 17.8. The molecule has 0 aromatic rings. The average molecular weight is 337 g/mol. The standard InChI is InChI=1S/C14H26Cl2OSi2/c1-14(2,3)10-12-11(8-9-17-4)13(18(5,6)7)19(12,15)16/h8-9,12H,10H2,1-7H3/b9-8+. The molecule has 1 unspecified atom stereocenters. The molecule has 0 amide bonds. The number of hydrogen-bond acceptors (Lipinski definition) is 1. The molecule has 0 saturated heterocycles. The van der Waals surface area contributed by atoms with Crippen LogP contribution in [0.5, 0.6) is 0 Å². The largest absolute Gasteiger partial charge is 0.504 e. The van der Waals surface area contributed by atoms with Gasteiger partial charge in [0, 0.05) is 5.54 Å². The Labute approximate surface area is 129 Å². The SMILES string of the molecule is CO/C=C/C1=C([Si](C)(C)C)[Si](Cl)(Cl)C1CC(C)(C)C. The zero-order valence-corrected chi connectivity index (χ0v) is 16.6. The highest BCUT2D eigenvalue weighted by molar-refractivity contribution is 7.54. The monoisotopic (exact) mass is 336 g/mol. The van der Waals surface area contributed by atoms with E-state index in [0.717, 1.165) is 6.42 Å². The topological polar surface area (TPSA) is 9.23 Å². The molecule has 0 aliphatic carbocycles. The minimum Gasteiger partial charge on any atom is -0.504 e. The van der Waals surface area contributed by atoms with Crippen LogP contribution in [0.4, 0.5) is 0 Å². The third kappa shape index (κ3) is 3.90. The van der Waals surface area contributed by atoms with Crippen LogP contribution < -0.4 is 0 Å². The Bertz CT molecular complexity index is 401. The molecule has 0 fully saturated rings. The van der Waals surface area contributed by atoms with Gasteiger partial charge < -0.3 is 4.74 Å². The van der Waals surface area contributed by atoms with Crippen molar-refractivity contribution in [2.45, 2.75) is 52.4 Å². The molecule has 19 heavy (non-hydrogen) atoms. The highest BCUT2D eigenvalue weighted by Crippen LogP contribution is 2.59. The summed E-state index contributed by atoms with van der Waals surface area (Å²) >= 11 is 13.6. The minimum atomic E-state index is -2.29. The van der Waals surface area contributed by atoms with E-state index in [4.69, 9.17) is 26.9 Å². The molecular weight excluding hydrogens is 311 g/mol.